The highest BCUT2D eigenvalue weighted by Gasteiger charge is 2.16. The summed E-state index contributed by atoms with van der Waals surface area (Å²) in [5.74, 6) is 0.159. The van der Waals surface area contributed by atoms with Crippen LogP contribution in [0.4, 0.5) is 11.4 Å². The van der Waals surface area contributed by atoms with Crippen LogP contribution in [0, 0.1) is 13.8 Å². The van der Waals surface area contributed by atoms with E-state index in [4.69, 9.17) is 4.74 Å². The molecule has 0 unspecified atom stereocenters. The average molecular weight is 355 g/mol. The van der Waals surface area contributed by atoms with Crippen LogP contribution in [0.1, 0.15) is 21.5 Å². The molecule has 6 nitrogen and oxygen atoms in total. The maximum absolute atomic E-state index is 12.8. The normalized spacial score (nSPS) is 10.5. The van der Waals surface area contributed by atoms with E-state index in [1.165, 1.54) is 7.11 Å². The summed E-state index contributed by atoms with van der Waals surface area (Å²) in [6, 6.07) is 10.9. The number of nitrogens with zero attached hydrogens (tertiary/aromatic N) is 1. The van der Waals surface area contributed by atoms with Gasteiger partial charge in [-0.15, -0.1) is 0 Å². The molecule has 0 spiro atoms. The van der Waals surface area contributed by atoms with Gasteiger partial charge < -0.3 is 20.3 Å². The molecule has 0 radical (unpaired) electrons. The minimum Gasteiger partial charge on any atom is -0.496 e. The van der Waals surface area contributed by atoms with Crippen molar-refractivity contribution in [2.75, 3.05) is 38.4 Å². The number of methoxy groups -OCH3 is 1. The zero-order chi connectivity index (χ0) is 19.3. The van der Waals surface area contributed by atoms with Crippen molar-refractivity contribution in [1.29, 1.82) is 0 Å². The molecule has 26 heavy (non-hydrogen) atoms. The summed E-state index contributed by atoms with van der Waals surface area (Å²) in [6.45, 7) is 4.05. The van der Waals surface area contributed by atoms with Gasteiger partial charge in [0.25, 0.3) is 5.91 Å². The maximum Gasteiger partial charge on any atom is 0.259 e. The molecular formula is C20H25N3O3. The number of benzene rings is 2. The van der Waals surface area contributed by atoms with Crippen molar-refractivity contribution >= 4 is 23.2 Å². The first-order valence-electron chi connectivity index (χ1n) is 8.32. The fourth-order valence-electron chi connectivity index (χ4n) is 2.61. The molecule has 0 bridgehead atoms. The number of hydrogen-bond acceptors (Lipinski definition) is 4. The minimum absolute atomic E-state index is 0.114. The highest BCUT2D eigenvalue weighted by atomic mass is 16.5. The van der Waals surface area contributed by atoms with Crippen molar-refractivity contribution < 1.29 is 14.3 Å². The van der Waals surface area contributed by atoms with Gasteiger partial charge in [-0.3, -0.25) is 9.59 Å². The van der Waals surface area contributed by atoms with E-state index in [1.807, 2.05) is 52.2 Å². The first-order valence-corrected chi connectivity index (χ1v) is 8.32. The molecule has 2 aromatic rings. The number of rotatable bonds is 6. The quantitative estimate of drug-likeness (QED) is 0.835. The van der Waals surface area contributed by atoms with Crippen LogP contribution in [0.15, 0.2) is 36.4 Å². The molecule has 0 fully saturated rings. The van der Waals surface area contributed by atoms with E-state index < -0.39 is 0 Å². The zero-order valence-corrected chi connectivity index (χ0v) is 15.8. The second-order valence-corrected chi connectivity index (χ2v) is 6.42. The summed E-state index contributed by atoms with van der Waals surface area (Å²) >= 11 is 0. The van der Waals surface area contributed by atoms with E-state index in [0.29, 0.717) is 22.7 Å². The number of aryl methyl sites for hydroxylation is 2. The number of carbonyl (C=O) groups excluding carboxylic acids is 2. The van der Waals surface area contributed by atoms with Gasteiger partial charge in [0.15, 0.2) is 0 Å². The lowest BCUT2D eigenvalue weighted by Crippen LogP contribution is -2.27. The molecule has 0 aliphatic rings. The largest absolute Gasteiger partial charge is 0.496 e. The van der Waals surface area contributed by atoms with Crippen molar-refractivity contribution in [2.45, 2.75) is 13.8 Å². The molecule has 2 amide bonds. The number of carbonyl (C=O) groups is 2. The van der Waals surface area contributed by atoms with Crippen LogP contribution in [0.5, 0.6) is 5.75 Å². The van der Waals surface area contributed by atoms with Crippen molar-refractivity contribution in [3.63, 3.8) is 0 Å². The van der Waals surface area contributed by atoms with Crippen molar-refractivity contribution in [3.05, 3.63) is 53.1 Å². The third kappa shape index (κ3) is 4.83. The summed E-state index contributed by atoms with van der Waals surface area (Å²) in [5, 5.41) is 5.75. The number of amides is 2. The standard InChI is InChI=1S/C20H25N3O3/c1-13-9-10-15(21-18(24)12-23(3)4)11-16(13)22-20(25)19-14(2)7-6-8-17(19)26-5/h6-11H,12H2,1-5H3,(H,21,24)(H,22,25). The highest BCUT2D eigenvalue weighted by Crippen LogP contribution is 2.25. The van der Waals surface area contributed by atoms with Crippen molar-refractivity contribution in [2.24, 2.45) is 0 Å². The Kier molecular flexibility index (Phi) is 6.36. The summed E-state index contributed by atoms with van der Waals surface area (Å²) < 4.78 is 5.31. The third-order valence-electron chi connectivity index (χ3n) is 3.91. The minimum atomic E-state index is -0.250. The predicted molar refractivity (Wildman–Crippen MR) is 104 cm³/mol. The molecule has 0 saturated carbocycles. The Hall–Kier alpha value is -2.86. The van der Waals surface area contributed by atoms with E-state index in [1.54, 1.807) is 17.0 Å². The molecule has 0 aromatic heterocycles. The fraction of sp³-hybridized carbons (Fsp3) is 0.300. The Morgan fingerprint density at radius 3 is 2.42 bits per heavy atom. The van der Waals surface area contributed by atoms with Gasteiger partial charge in [-0.25, -0.2) is 0 Å². The van der Waals surface area contributed by atoms with Crippen LogP contribution < -0.4 is 15.4 Å². The van der Waals surface area contributed by atoms with Crippen LogP contribution in [0.2, 0.25) is 0 Å². The lowest BCUT2D eigenvalue weighted by molar-refractivity contribution is -0.116. The van der Waals surface area contributed by atoms with Gasteiger partial charge in [0.1, 0.15) is 5.75 Å². The molecule has 6 heteroatoms. The topological polar surface area (TPSA) is 70.7 Å². The Morgan fingerprint density at radius 2 is 1.77 bits per heavy atom. The summed E-state index contributed by atoms with van der Waals surface area (Å²) in [4.78, 5) is 26.5. The summed E-state index contributed by atoms with van der Waals surface area (Å²) in [7, 11) is 5.20. The number of ether oxygens (including phenoxy) is 1. The number of likely N-dealkylation sites (N-methyl/N-ethyl adjacent to an activating group) is 1. The Labute approximate surface area is 154 Å². The third-order valence-corrected chi connectivity index (χ3v) is 3.91. The molecule has 0 heterocycles. The Bertz CT molecular complexity index is 816. The molecule has 0 aliphatic carbocycles. The van der Waals surface area contributed by atoms with Gasteiger partial charge in [-0.2, -0.15) is 0 Å². The van der Waals surface area contributed by atoms with E-state index in [0.717, 1.165) is 11.1 Å². The van der Waals surface area contributed by atoms with Crippen LogP contribution in [-0.4, -0.2) is 44.5 Å². The van der Waals surface area contributed by atoms with E-state index in [2.05, 4.69) is 10.6 Å². The van der Waals surface area contributed by atoms with Crippen LogP contribution in [0.3, 0.4) is 0 Å². The Balaban J connectivity index is 2.23. The molecule has 2 rings (SSSR count). The van der Waals surface area contributed by atoms with E-state index in [-0.39, 0.29) is 18.4 Å². The van der Waals surface area contributed by atoms with E-state index >= 15 is 0 Å². The number of anilines is 2. The predicted octanol–water partition coefficient (Wildman–Crippen LogP) is 3.06. The van der Waals surface area contributed by atoms with Gasteiger partial charge in [0, 0.05) is 11.4 Å². The SMILES string of the molecule is COc1cccc(C)c1C(=O)Nc1cc(NC(=O)CN(C)C)ccc1C. The molecule has 0 saturated heterocycles. The maximum atomic E-state index is 12.8. The Morgan fingerprint density at radius 1 is 1.04 bits per heavy atom. The summed E-state index contributed by atoms with van der Waals surface area (Å²) in [5.41, 5.74) is 3.50. The molecule has 0 aliphatic heterocycles. The second-order valence-electron chi connectivity index (χ2n) is 6.42. The van der Waals surface area contributed by atoms with Crippen LogP contribution >= 0.6 is 0 Å². The zero-order valence-electron chi connectivity index (χ0n) is 15.8. The fourth-order valence-corrected chi connectivity index (χ4v) is 2.61. The monoisotopic (exact) mass is 355 g/mol. The molecule has 2 aromatic carbocycles. The van der Waals surface area contributed by atoms with Gasteiger partial charge in [0.05, 0.1) is 19.2 Å². The smallest absolute Gasteiger partial charge is 0.259 e. The van der Waals surface area contributed by atoms with E-state index in [9.17, 15) is 9.59 Å². The lowest BCUT2D eigenvalue weighted by atomic mass is 10.1. The second kappa shape index (κ2) is 8.49. The van der Waals surface area contributed by atoms with Gasteiger partial charge >= 0.3 is 0 Å². The number of hydrogen-bond donors (Lipinski definition) is 2. The van der Waals surface area contributed by atoms with Crippen LogP contribution in [-0.2, 0) is 4.79 Å². The molecular weight excluding hydrogens is 330 g/mol. The van der Waals surface area contributed by atoms with Crippen LogP contribution in [0.25, 0.3) is 0 Å². The molecule has 138 valence electrons. The highest BCUT2D eigenvalue weighted by molar-refractivity contribution is 6.08. The van der Waals surface area contributed by atoms with Gasteiger partial charge in [0.2, 0.25) is 5.91 Å². The molecule has 0 atom stereocenters. The molecule has 2 N–H and O–H groups in total. The lowest BCUT2D eigenvalue weighted by Gasteiger charge is -2.15. The first-order chi connectivity index (χ1) is 12.3. The van der Waals surface area contributed by atoms with Crippen molar-refractivity contribution in [3.8, 4) is 5.75 Å². The van der Waals surface area contributed by atoms with Gasteiger partial charge in [-0.1, -0.05) is 18.2 Å². The summed E-state index contributed by atoms with van der Waals surface area (Å²) in [6.07, 6.45) is 0. The van der Waals surface area contributed by atoms with Crippen molar-refractivity contribution in [1.82, 2.24) is 4.90 Å². The van der Waals surface area contributed by atoms with Gasteiger partial charge in [-0.05, 0) is 57.3 Å². The average Bonchev–Trinajstić information content (AvgIpc) is 2.56. The number of nitrogens with one attached hydrogen (secondary N) is 2. The first kappa shape index (κ1) is 19.5.